The lowest BCUT2D eigenvalue weighted by Gasteiger charge is -2.39. The molecule has 40 heavy (non-hydrogen) atoms. The molecule has 2 aromatic carbocycles. The van der Waals surface area contributed by atoms with E-state index in [1.54, 1.807) is 0 Å². The van der Waals surface area contributed by atoms with Crippen molar-refractivity contribution in [2.75, 3.05) is 26.3 Å². The van der Waals surface area contributed by atoms with E-state index in [2.05, 4.69) is 42.1 Å². The maximum Gasteiger partial charge on any atom is 0.286 e. The van der Waals surface area contributed by atoms with Gasteiger partial charge in [0, 0.05) is 37.3 Å². The molecule has 2 aliphatic heterocycles. The summed E-state index contributed by atoms with van der Waals surface area (Å²) in [4.78, 5) is 16.0. The van der Waals surface area contributed by atoms with Gasteiger partial charge >= 0.3 is 0 Å². The summed E-state index contributed by atoms with van der Waals surface area (Å²) >= 11 is 0. The first-order valence-corrected chi connectivity index (χ1v) is 16.5. The largest absolute Gasteiger partial charge is 0.489 e. The first-order chi connectivity index (χ1) is 19.3. The molecule has 0 unspecified atom stereocenters. The number of nitrogens with zero attached hydrogens (tertiary/aromatic N) is 3. The maximum absolute atomic E-state index is 15.3. The molecule has 3 atom stereocenters. The molecule has 1 saturated carbocycles. The highest BCUT2D eigenvalue weighted by molar-refractivity contribution is 7.57. The van der Waals surface area contributed by atoms with E-state index < -0.39 is 13.6 Å². The van der Waals surface area contributed by atoms with Crippen LogP contribution in [-0.2, 0) is 20.7 Å². The zero-order valence-corrected chi connectivity index (χ0v) is 25.3. The van der Waals surface area contributed by atoms with Gasteiger partial charge in [-0.3, -0.25) is 9.36 Å². The summed E-state index contributed by atoms with van der Waals surface area (Å²) in [5, 5.41) is 3.54. The van der Waals surface area contributed by atoms with Crippen LogP contribution in [0.4, 0.5) is 0 Å². The molecule has 2 heterocycles. The minimum Gasteiger partial charge on any atom is -0.489 e. The summed E-state index contributed by atoms with van der Waals surface area (Å²) in [6.07, 6.45) is 4.37. The van der Waals surface area contributed by atoms with Crippen molar-refractivity contribution in [1.29, 1.82) is 0 Å². The van der Waals surface area contributed by atoms with Gasteiger partial charge in [-0.2, -0.15) is 0 Å². The van der Waals surface area contributed by atoms with Crippen molar-refractivity contribution < 1.29 is 18.8 Å². The average Bonchev–Trinajstić information content (AvgIpc) is 3.24. The number of carbonyl (C=O) groups is 1. The van der Waals surface area contributed by atoms with Crippen LogP contribution in [0.1, 0.15) is 70.5 Å². The highest BCUT2D eigenvalue weighted by Gasteiger charge is 2.58. The fourth-order valence-electron chi connectivity index (χ4n) is 6.66. The summed E-state index contributed by atoms with van der Waals surface area (Å²) < 4.78 is 31.3. The van der Waals surface area contributed by atoms with E-state index >= 15 is 4.57 Å². The molecular formula is C31H45N4O4P. The normalized spacial score (nSPS) is 24.3. The zero-order chi connectivity index (χ0) is 28.3. The van der Waals surface area contributed by atoms with Crippen molar-refractivity contribution in [2.24, 2.45) is 0 Å². The second-order valence-electron chi connectivity index (χ2n) is 11.8. The van der Waals surface area contributed by atoms with E-state index in [-0.39, 0.29) is 30.1 Å². The second kappa shape index (κ2) is 12.7. The molecule has 0 radical (unpaired) electrons. The number of ether oxygens (including phenoxy) is 2. The molecule has 0 spiro atoms. The highest BCUT2D eigenvalue weighted by atomic mass is 31.2. The number of fused-ring (bicyclic) bond motifs is 1. The van der Waals surface area contributed by atoms with Crippen LogP contribution < -0.4 is 9.82 Å². The van der Waals surface area contributed by atoms with Gasteiger partial charge in [0.25, 0.3) is 7.59 Å². The van der Waals surface area contributed by atoms with Crippen LogP contribution in [-0.4, -0.2) is 70.6 Å². The lowest BCUT2D eigenvalue weighted by atomic mass is 9.89. The monoisotopic (exact) mass is 568 g/mol. The van der Waals surface area contributed by atoms with Crippen molar-refractivity contribution in [3.63, 3.8) is 0 Å². The number of benzene rings is 2. The SMILES string of the molecule is CC(C)N1[C@@H]2CCCC[C@H]2N(C(C)C)P1(=O)N[C@H](C(=O)N1CCOCC1)c1ccc(OCc2ccccc2)cc1. The fraction of sp³-hybridized carbons (Fsp3) is 0.581. The highest BCUT2D eigenvalue weighted by Crippen LogP contribution is 2.63. The van der Waals surface area contributed by atoms with E-state index in [4.69, 9.17) is 9.47 Å². The maximum atomic E-state index is 15.3. The van der Waals surface area contributed by atoms with Gasteiger partial charge < -0.3 is 14.4 Å². The summed E-state index contributed by atoms with van der Waals surface area (Å²) in [7, 11) is -3.29. The van der Waals surface area contributed by atoms with Crippen molar-refractivity contribution in [2.45, 2.75) is 90.2 Å². The lowest BCUT2D eigenvalue weighted by Crippen LogP contribution is -2.48. The number of hydrogen-bond donors (Lipinski definition) is 1. The molecule has 8 nitrogen and oxygen atoms in total. The van der Waals surface area contributed by atoms with Gasteiger partial charge in [-0.1, -0.05) is 55.3 Å². The Kier molecular flexibility index (Phi) is 9.33. The summed E-state index contributed by atoms with van der Waals surface area (Å²) in [6.45, 7) is 11.1. The van der Waals surface area contributed by atoms with E-state index in [1.165, 1.54) is 0 Å². The standard InChI is InChI=1S/C31H45N4O4P/c1-23(2)34-28-12-8-9-13-29(28)35(24(3)4)40(34,37)32-30(31(36)33-18-20-38-21-19-33)26-14-16-27(17-15-26)39-22-25-10-6-5-7-11-25/h5-7,10-11,14-17,23-24,28-30H,8-9,12-13,18-22H2,1-4H3,(H,32,37)/t28-,29-,30+/m1/s1. The Balaban J connectivity index is 1.46. The van der Waals surface area contributed by atoms with Gasteiger partial charge in [-0.15, -0.1) is 0 Å². The minimum atomic E-state index is -3.29. The number of morpholine rings is 1. The molecule has 1 aliphatic carbocycles. The predicted octanol–water partition coefficient (Wildman–Crippen LogP) is 5.61. The summed E-state index contributed by atoms with van der Waals surface area (Å²) in [5.41, 5.74) is 1.89. The number of hydrogen-bond acceptors (Lipinski definition) is 4. The van der Waals surface area contributed by atoms with Crippen LogP contribution >= 0.6 is 7.59 Å². The van der Waals surface area contributed by atoms with Crippen LogP contribution in [0, 0.1) is 0 Å². The molecule has 3 fully saturated rings. The van der Waals surface area contributed by atoms with Gasteiger partial charge in [0.05, 0.1) is 13.2 Å². The van der Waals surface area contributed by atoms with Crippen molar-refractivity contribution >= 4 is 13.5 Å². The Labute approximate surface area is 239 Å². The number of rotatable bonds is 9. The molecule has 9 heteroatoms. The van der Waals surface area contributed by atoms with Crippen LogP contribution in [0.25, 0.3) is 0 Å². The van der Waals surface area contributed by atoms with Crippen LogP contribution in [0.2, 0.25) is 0 Å². The fourth-order valence-corrected chi connectivity index (χ4v) is 10.4. The Morgan fingerprint density at radius 3 is 2.05 bits per heavy atom. The molecule has 0 aromatic heterocycles. The zero-order valence-electron chi connectivity index (χ0n) is 24.4. The third kappa shape index (κ3) is 6.02. The molecule has 2 saturated heterocycles. The van der Waals surface area contributed by atoms with E-state index in [1.807, 2.05) is 59.5 Å². The topological polar surface area (TPSA) is 74.4 Å². The predicted molar refractivity (Wildman–Crippen MR) is 158 cm³/mol. The minimum absolute atomic E-state index is 0.0567. The molecule has 1 N–H and O–H groups in total. The lowest BCUT2D eigenvalue weighted by molar-refractivity contribution is -0.137. The Bertz CT molecular complexity index is 1140. The molecule has 218 valence electrons. The molecule has 3 aliphatic rings. The van der Waals surface area contributed by atoms with Crippen molar-refractivity contribution in [3.05, 3.63) is 65.7 Å². The van der Waals surface area contributed by atoms with E-state index in [9.17, 15) is 4.79 Å². The Morgan fingerprint density at radius 2 is 1.50 bits per heavy atom. The second-order valence-corrected chi connectivity index (χ2v) is 14.0. The van der Waals surface area contributed by atoms with E-state index in [0.29, 0.717) is 32.9 Å². The summed E-state index contributed by atoms with van der Waals surface area (Å²) in [6, 6.07) is 17.6. The van der Waals surface area contributed by atoms with Crippen LogP contribution in [0.3, 0.4) is 0 Å². The van der Waals surface area contributed by atoms with Gasteiger partial charge in [-0.05, 0) is 63.8 Å². The quantitative estimate of drug-likeness (QED) is 0.394. The smallest absolute Gasteiger partial charge is 0.286 e. The average molecular weight is 569 g/mol. The number of carbonyl (C=O) groups excluding carboxylic acids is 1. The first kappa shape index (κ1) is 29.3. The third-order valence-electron chi connectivity index (χ3n) is 8.39. The first-order valence-electron chi connectivity index (χ1n) is 14.9. The number of nitrogens with one attached hydrogen (secondary N) is 1. The van der Waals surface area contributed by atoms with Gasteiger partial charge in [0.15, 0.2) is 0 Å². The molecule has 1 amide bonds. The third-order valence-corrected chi connectivity index (χ3v) is 11.8. The molecule has 2 aromatic rings. The van der Waals surface area contributed by atoms with Gasteiger partial charge in [0.2, 0.25) is 5.91 Å². The van der Waals surface area contributed by atoms with Gasteiger partial charge in [0.1, 0.15) is 18.4 Å². The van der Waals surface area contributed by atoms with Crippen LogP contribution in [0.15, 0.2) is 54.6 Å². The summed E-state index contributed by atoms with van der Waals surface area (Å²) in [5.74, 6) is 0.676. The van der Waals surface area contributed by atoms with E-state index in [0.717, 1.165) is 42.6 Å². The van der Waals surface area contributed by atoms with Crippen molar-refractivity contribution in [1.82, 2.24) is 19.3 Å². The Hall–Kier alpha value is -2.22. The molecular weight excluding hydrogens is 523 g/mol. The molecule has 0 bridgehead atoms. The van der Waals surface area contributed by atoms with Crippen molar-refractivity contribution in [3.8, 4) is 5.75 Å². The van der Waals surface area contributed by atoms with Gasteiger partial charge in [-0.25, -0.2) is 14.4 Å². The Morgan fingerprint density at radius 1 is 0.925 bits per heavy atom. The number of amides is 1. The van der Waals surface area contributed by atoms with Crippen LogP contribution in [0.5, 0.6) is 5.75 Å². The molecule has 5 rings (SSSR count).